The molecular formula is C32H32N2O5. The number of anilines is 1. The van der Waals surface area contributed by atoms with Crippen LogP contribution < -0.4 is 9.64 Å². The number of aryl methyl sites for hydroxylation is 1. The topological polar surface area (TPSA) is 76.2 Å². The molecule has 200 valence electrons. The Balaban J connectivity index is 1.30. The second-order valence-corrected chi connectivity index (χ2v) is 9.90. The third kappa shape index (κ3) is 5.87. The van der Waals surface area contributed by atoms with Crippen molar-refractivity contribution in [1.29, 1.82) is 0 Å². The lowest BCUT2D eigenvalue weighted by molar-refractivity contribution is -0.149. The largest absolute Gasteiger partial charge is 0.466 e. The highest BCUT2D eigenvalue weighted by Gasteiger charge is 2.31. The van der Waals surface area contributed by atoms with Gasteiger partial charge in [-0.1, -0.05) is 54.1 Å². The Morgan fingerprint density at radius 3 is 2.46 bits per heavy atom. The molecule has 0 spiro atoms. The molecule has 2 aliphatic heterocycles. The number of para-hydroxylation sites is 2. The summed E-state index contributed by atoms with van der Waals surface area (Å²) in [6.45, 7) is 5.67. The van der Waals surface area contributed by atoms with E-state index in [1.165, 1.54) is 0 Å². The van der Waals surface area contributed by atoms with Gasteiger partial charge in [0.2, 0.25) is 0 Å². The van der Waals surface area contributed by atoms with E-state index in [1.54, 1.807) is 34.9 Å². The molecule has 7 nitrogen and oxygen atoms in total. The van der Waals surface area contributed by atoms with Crippen molar-refractivity contribution < 1.29 is 23.9 Å². The Morgan fingerprint density at radius 2 is 1.74 bits per heavy atom. The molecule has 2 aliphatic rings. The molecule has 0 atom stereocenters. The smallest absolute Gasteiger partial charge is 0.309 e. The lowest BCUT2D eigenvalue weighted by Gasteiger charge is -2.31. The van der Waals surface area contributed by atoms with Gasteiger partial charge in [0.1, 0.15) is 0 Å². The molecule has 0 saturated carbocycles. The number of esters is 1. The molecule has 7 heteroatoms. The van der Waals surface area contributed by atoms with E-state index in [1.807, 2.05) is 61.5 Å². The monoisotopic (exact) mass is 524 g/mol. The summed E-state index contributed by atoms with van der Waals surface area (Å²) >= 11 is 0. The first-order valence-electron chi connectivity index (χ1n) is 13.3. The average molecular weight is 525 g/mol. The minimum Gasteiger partial charge on any atom is -0.466 e. The van der Waals surface area contributed by atoms with E-state index < -0.39 is 0 Å². The number of ether oxygens (including phenoxy) is 2. The molecule has 1 fully saturated rings. The highest BCUT2D eigenvalue weighted by atomic mass is 16.5. The third-order valence-corrected chi connectivity index (χ3v) is 7.11. The Bertz CT molecular complexity index is 1400. The van der Waals surface area contributed by atoms with Crippen LogP contribution in [0.1, 0.15) is 46.8 Å². The first-order chi connectivity index (χ1) is 18.9. The van der Waals surface area contributed by atoms with Crippen molar-refractivity contribution in [3.63, 3.8) is 0 Å². The first-order valence-corrected chi connectivity index (χ1v) is 13.3. The molecule has 0 aliphatic carbocycles. The van der Waals surface area contributed by atoms with Gasteiger partial charge in [0, 0.05) is 18.7 Å². The second kappa shape index (κ2) is 11.6. The predicted molar refractivity (Wildman–Crippen MR) is 149 cm³/mol. The fraction of sp³-hybridized carbons (Fsp3) is 0.281. The van der Waals surface area contributed by atoms with E-state index in [4.69, 9.17) is 9.47 Å². The maximum Gasteiger partial charge on any atom is 0.309 e. The van der Waals surface area contributed by atoms with Gasteiger partial charge < -0.3 is 14.4 Å². The molecule has 2 heterocycles. The van der Waals surface area contributed by atoms with Crippen molar-refractivity contribution in [2.24, 2.45) is 5.92 Å². The van der Waals surface area contributed by atoms with Gasteiger partial charge in [0.05, 0.1) is 24.8 Å². The number of likely N-dealkylation sites (tertiary alicyclic amines) is 1. The van der Waals surface area contributed by atoms with Gasteiger partial charge in [-0.3, -0.25) is 19.3 Å². The van der Waals surface area contributed by atoms with E-state index in [2.05, 4.69) is 6.07 Å². The van der Waals surface area contributed by atoms with Crippen molar-refractivity contribution in [3.8, 4) is 5.75 Å². The highest BCUT2D eigenvalue weighted by Crippen LogP contribution is 2.36. The van der Waals surface area contributed by atoms with Crippen LogP contribution in [-0.4, -0.2) is 42.4 Å². The summed E-state index contributed by atoms with van der Waals surface area (Å²) in [7, 11) is 0. The Kier molecular flexibility index (Phi) is 7.77. The number of benzene rings is 3. The van der Waals surface area contributed by atoms with Crippen molar-refractivity contribution in [1.82, 2.24) is 4.90 Å². The summed E-state index contributed by atoms with van der Waals surface area (Å²) in [6, 6.07) is 22.8. The standard InChI is InChI=1S/C32H32N2O5/c1-3-38-32(37)26-15-17-33(18-16-26)30(35)25-13-11-23(12-14-25)20-29-31(36)34(21-24-8-6-7-22(2)19-24)27-9-4-5-10-28(27)39-29/h4-14,19-20,26H,3,15-18,21H2,1-2H3. The zero-order chi connectivity index (χ0) is 27.4. The molecule has 0 unspecified atom stereocenters. The number of fused-ring (bicyclic) bond motifs is 1. The number of hydrogen-bond donors (Lipinski definition) is 0. The lowest BCUT2D eigenvalue weighted by Crippen LogP contribution is -2.40. The Labute approximate surface area is 228 Å². The number of amides is 2. The van der Waals surface area contributed by atoms with Crippen LogP contribution in [0.3, 0.4) is 0 Å². The van der Waals surface area contributed by atoms with Crippen LogP contribution in [0.15, 0.2) is 78.6 Å². The van der Waals surface area contributed by atoms with Gasteiger partial charge in [-0.05, 0) is 68.2 Å². The molecule has 0 bridgehead atoms. The molecule has 3 aromatic carbocycles. The van der Waals surface area contributed by atoms with Gasteiger partial charge in [-0.25, -0.2) is 0 Å². The fourth-order valence-electron chi connectivity index (χ4n) is 5.05. The van der Waals surface area contributed by atoms with Crippen molar-refractivity contribution in [3.05, 3.63) is 101 Å². The van der Waals surface area contributed by atoms with Gasteiger partial charge in [-0.2, -0.15) is 0 Å². The normalized spacial score (nSPS) is 16.6. The van der Waals surface area contributed by atoms with E-state index in [-0.39, 0.29) is 29.5 Å². The summed E-state index contributed by atoms with van der Waals surface area (Å²) in [4.78, 5) is 42.1. The minimum absolute atomic E-state index is 0.0697. The summed E-state index contributed by atoms with van der Waals surface area (Å²) in [6.07, 6.45) is 2.92. The first kappa shape index (κ1) is 26.2. The van der Waals surface area contributed by atoms with Crippen molar-refractivity contribution in [2.45, 2.75) is 33.2 Å². The highest BCUT2D eigenvalue weighted by molar-refractivity contribution is 6.09. The Hall–Kier alpha value is -4.39. The fourth-order valence-corrected chi connectivity index (χ4v) is 5.05. The maximum absolute atomic E-state index is 13.5. The molecule has 39 heavy (non-hydrogen) atoms. The zero-order valence-electron chi connectivity index (χ0n) is 22.3. The summed E-state index contributed by atoms with van der Waals surface area (Å²) in [5.74, 6) is 0.225. The molecule has 0 aromatic heterocycles. The second-order valence-electron chi connectivity index (χ2n) is 9.90. The number of nitrogens with zero attached hydrogens (tertiary/aromatic N) is 2. The van der Waals surface area contributed by atoms with Crippen LogP contribution in [0, 0.1) is 12.8 Å². The van der Waals surface area contributed by atoms with Crippen LogP contribution in [0.5, 0.6) is 5.75 Å². The third-order valence-electron chi connectivity index (χ3n) is 7.11. The molecule has 0 N–H and O–H groups in total. The number of piperidine rings is 1. The van der Waals surface area contributed by atoms with Gasteiger partial charge in [0.25, 0.3) is 11.8 Å². The molecule has 3 aromatic rings. The predicted octanol–water partition coefficient (Wildman–Crippen LogP) is 5.38. The molecule has 2 amide bonds. The van der Waals surface area contributed by atoms with Crippen LogP contribution >= 0.6 is 0 Å². The summed E-state index contributed by atoms with van der Waals surface area (Å²) in [5.41, 5.74) is 4.22. The molecule has 1 saturated heterocycles. The van der Waals surface area contributed by atoms with E-state index in [0.29, 0.717) is 50.4 Å². The summed E-state index contributed by atoms with van der Waals surface area (Å²) in [5, 5.41) is 0. The van der Waals surface area contributed by atoms with Gasteiger partial charge >= 0.3 is 5.97 Å². The van der Waals surface area contributed by atoms with E-state index >= 15 is 0 Å². The molecule has 0 radical (unpaired) electrons. The van der Waals surface area contributed by atoms with Crippen molar-refractivity contribution >= 4 is 29.5 Å². The van der Waals surface area contributed by atoms with E-state index in [9.17, 15) is 14.4 Å². The maximum atomic E-state index is 13.5. The SMILES string of the molecule is CCOC(=O)C1CCN(C(=O)c2ccc(C=C3Oc4ccccc4N(Cc4cccc(C)c4)C3=O)cc2)CC1. The summed E-state index contributed by atoms with van der Waals surface area (Å²) < 4.78 is 11.1. The van der Waals surface area contributed by atoms with Gasteiger partial charge in [0.15, 0.2) is 11.5 Å². The molecule has 5 rings (SSSR count). The van der Waals surface area contributed by atoms with Crippen molar-refractivity contribution in [2.75, 3.05) is 24.6 Å². The average Bonchev–Trinajstić information content (AvgIpc) is 2.95. The Morgan fingerprint density at radius 1 is 1.00 bits per heavy atom. The quantitative estimate of drug-likeness (QED) is 0.320. The number of carbonyl (C=O) groups is 3. The van der Waals surface area contributed by atoms with Gasteiger partial charge in [-0.15, -0.1) is 0 Å². The lowest BCUT2D eigenvalue weighted by atomic mass is 9.96. The van der Waals surface area contributed by atoms with Crippen LogP contribution in [0.4, 0.5) is 5.69 Å². The van der Waals surface area contributed by atoms with Crippen LogP contribution in [0.25, 0.3) is 6.08 Å². The van der Waals surface area contributed by atoms with Crippen LogP contribution in [0.2, 0.25) is 0 Å². The number of rotatable bonds is 6. The minimum atomic E-state index is -0.222. The number of carbonyl (C=O) groups excluding carboxylic acids is 3. The zero-order valence-corrected chi connectivity index (χ0v) is 22.3. The molecular weight excluding hydrogens is 492 g/mol. The number of hydrogen-bond acceptors (Lipinski definition) is 5. The van der Waals surface area contributed by atoms with E-state index in [0.717, 1.165) is 22.4 Å². The van der Waals surface area contributed by atoms with Crippen LogP contribution in [-0.2, 0) is 20.9 Å².